The molecule has 1 N–H and O–H groups in total. The van der Waals surface area contributed by atoms with Gasteiger partial charge in [-0.2, -0.15) is 0 Å². The Morgan fingerprint density at radius 1 is 0.795 bits per heavy atom. The maximum Gasteiger partial charge on any atom is 0.341 e. The van der Waals surface area contributed by atoms with Crippen LogP contribution >= 0.6 is 0 Å². The minimum atomic E-state index is -0.552. The molecule has 1 atom stereocenters. The average molecular weight is 521 g/mol. The van der Waals surface area contributed by atoms with E-state index in [1.54, 1.807) is 43.4 Å². The van der Waals surface area contributed by atoms with Crippen LogP contribution in [0, 0.1) is 0 Å². The number of aromatic nitrogens is 3. The molecule has 0 aliphatic carbocycles. The molecule has 0 radical (unpaired) electrons. The van der Waals surface area contributed by atoms with Gasteiger partial charge in [0.15, 0.2) is 0 Å². The molecule has 8 heteroatoms. The number of nitrogens with zero attached hydrogens (tertiary/aromatic N) is 3. The maximum atomic E-state index is 14.4. The molecule has 39 heavy (non-hydrogen) atoms. The zero-order chi connectivity index (χ0) is 26.9. The Morgan fingerprint density at radius 3 is 1.97 bits per heavy atom. The molecule has 3 heterocycles. The highest BCUT2D eigenvalue weighted by atomic mass is 16.5. The van der Waals surface area contributed by atoms with Gasteiger partial charge in [-0.05, 0) is 29.8 Å². The van der Waals surface area contributed by atoms with Gasteiger partial charge < -0.3 is 10.1 Å². The van der Waals surface area contributed by atoms with Crippen molar-refractivity contribution in [2.75, 3.05) is 19.7 Å². The fourth-order valence-electron chi connectivity index (χ4n) is 5.41. The van der Waals surface area contributed by atoms with E-state index in [1.165, 1.54) is 13.7 Å². The molecule has 1 saturated heterocycles. The molecule has 2 aromatic heterocycles. The molecule has 0 bridgehead atoms. The molecule has 196 valence electrons. The zero-order valence-electron chi connectivity index (χ0n) is 21.5. The van der Waals surface area contributed by atoms with E-state index in [2.05, 4.69) is 5.32 Å². The molecule has 1 fully saturated rings. The highest BCUT2D eigenvalue weighted by Gasteiger charge is 2.30. The van der Waals surface area contributed by atoms with Crippen LogP contribution in [0.25, 0.3) is 22.4 Å². The lowest BCUT2D eigenvalue weighted by Crippen LogP contribution is -2.43. The molecule has 1 aliphatic heterocycles. The highest BCUT2D eigenvalue weighted by molar-refractivity contribution is 5.82. The van der Waals surface area contributed by atoms with E-state index in [0.29, 0.717) is 54.0 Å². The lowest BCUT2D eigenvalue weighted by atomic mass is 9.94. The van der Waals surface area contributed by atoms with E-state index in [0.717, 1.165) is 5.56 Å². The SMILES string of the molecule is Cn1c(=O)c(Cc2ccccc2)c(C2CNCCO2)c2c(=O)n(-c3ccccc3)c(=O)n(-c3ccccc3)c21. The molecule has 0 amide bonds. The van der Waals surface area contributed by atoms with Crippen LogP contribution in [0.3, 0.4) is 0 Å². The second kappa shape index (κ2) is 10.3. The van der Waals surface area contributed by atoms with Crippen molar-refractivity contribution in [2.45, 2.75) is 12.5 Å². The number of nitrogens with one attached hydrogen (secondary N) is 1. The van der Waals surface area contributed by atoms with Crippen LogP contribution in [0.1, 0.15) is 22.8 Å². The Kier molecular flexibility index (Phi) is 6.56. The molecular weight excluding hydrogens is 492 g/mol. The fourth-order valence-corrected chi connectivity index (χ4v) is 5.41. The van der Waals surface area contributed by atoms with E-state index in [4.69, 9.17) is 4.74 Å². The summed E-state index contributed by atoms with van der Waals surface area (Å²) in [6.07, 6.45) is -0.207. The summed E-state index contributed by atoms with van der Waals surface area (Å²) in [6, 6.07) is 27.6. The van der Waals surface area contributed by atoms with Crippen LogP contribution in [-0.4, -0.2) is 33.4 Å². The van der Waals surface area contributed by atoms with Gasteiger partial charge >= 0.3 is 5.69 Å². The quantitative estimate of drug-likeness (QED) is 0.385. The van der Waals surface area contributed by atoms with Crippen molar-refractivity contribution in [1.29, 1.82) is 0 Å². The number of para-hydroxylation sites is 2. The first-order valence-electron chi connectivity index (χ1n) is 13.0. The van der Waals surface area contributed by atoms with Crippen LogP contribution in [0.15, 0.2) is 105 Å². The monoisotopic (exact) mass is 520 g/mol. The first-order chi connectivity index (χ1) is 19.1. The van der Waals surface area contributed by atoms with Crippen molar-refractivity contribution in [2.24, 2.45) is 7.05 Å². The van der Waals surface area contributed by atoms with Gasteiger partial charge in [-0.3, -0.25) is 14.2 Å². The molecule has 0 spiro atoms. The molecule has 1 aliphatic rings. The smallest absolute Gasteiger partial charge is 0.341 e. The highest BCUT2D eigenvalue weighted by Crippen LogP contribution is 2.29. The van der Waals surface area contributed by atoms with Gasteiger partial charge in [-0.1, -0.05) is 66.7 Å². The number of hydrogen-bond acceptors (Lipinski definition) is 5. The summed E-state index contributed by atoms with van der Waals surface area (Å²) in [7, 11) is 1.62. The summed E-state index contributed by atoms with van der Waals surface area (Å²) >= 11 is 0. The van der Waals surface area contributed by atoms with E-state index in [-0.39, 0.29) is 11.2 Å². The molecule has 1 unspecified atom stereocenters. The molecule has 5 aromatic rings. The topological polar surface area (TPSA) is 87.3 Å². The number of ether oxygens (including phenoxy) is 1. The Morgan fingerprint density at radius 2 is 1.38 bits per heavy atom. The first kappa shape index (κ1) is 24.8. The van der Waals surface area contributed by atoms with Crippen molar-refractivity contribution >= 4 is 11.0 Å². The second-order valence-corrected chi connectivity index (χ2v) is 9.61. The minimum absolute atomic E-state index is 0.245. The van der Waals surface area contributed by atoms with Gasteiger partial charge in [0, 0.05) is 37.7 Å². The van der Waals surface area contributed by atoms with Crippen LogP contribution < -0.4 is 22.1 Å². The first-order valence-corrected chi connectivity index (χ1v) is 13.0. The van der Waals surface area contributed by atoms with E-state index < -0.39 is 17.4 Å². The Hall–Kier alpha value is -4.53. The van der Waals surface area contributed by atoms with Crippen molar-refractivity contribution in [3.05, 3.63) is 139 Å². The van der Waals surface area contributed by atoms with Gasteiger partial charge in [-0.15, -0.1) is 0 Å². The van der Waals surface area contributed by atoms with Crippen molar-refractivity contribution in [1.82, 2.24) is 19.0 Å². The van der Waals surface area contributed by atoms with Crippen molar-refractivity contribution < 1.29 is 4.74 Å². The van der Waals surface area contributed by atoms with Gasteiger partial charge in [0.25, 0.3) is 11.1 Å². The number of hydrogen-bond donors (Lipinski definition) is 1. The largest absolute Gasteiger partial charge is 0.371 e. The van der Waals surface area contributed by atoms with Gasteiger partial charge in [0.05, 0.1) is 29.5 Å². The second-order valence-electron chi connectivity index (χ2n) is 9.61. The van der Waals surface area contributed by atoms with Crippen LogP contribution in [-0.2, 0) is 18.2 Å². The number of rotatable bonds is 5. The maximum absolute atomic E-state index is 14.4. The molecular formula is C31H28N4O4. The number of pyridine rings is 1. The third kappa shape index (κ3) is 4.33. The predicted octanol–water partition coefficient (Wildman–Crippen LogP) is 3.09. The van der Waals surface area contributed by atoms with E-state index in [1.807, 2.05) is 54.6 Å². The summed E-state index contributed by atoms with van der Waals surface area (Å²) in [6.45, 7) is 1.56. The normalized spacial score (nSPS) is 15.5. The number of fused-ring (bicyclic) bond motifs is 1. The Labute approximate surface area is 224 Å². The standard InChI is InChI=1S/C31H28N4O4/c1-33-28-27(26(25-20-32-17-18-39-25)24(29(33)36)19-21-11-5-2-6-12-21)30(37)35(23-15-9-4-10-16-23)31(38)34(28)22-13-7-3-8-14-22/h2-16,25,32H,17-20H2,1H3. The lowest BCUT2D eigenvalue weighted by molar-refractivity contribution is 0.0279. The van der Waals surface area contributed by atoms with E-state index >= 15 is 0 Å². The third-order valence-electron chi connectivity index (χ3n) is 7.21. The summed E-state index contributed by atoms with van der Waals surface area (Å²) in [5.74, 6) is 0. The van der Waals surface area contributed by atoms with Gasteiger partial charge in [-0.25, -0.2) is 13.9 Å². The van der Waals surface area contributed by atoms with Crippen LogP contribution in [0.5, 0.6) is 0 Å². The summed E-state index contributed by atoms with van der Waals surface area (Å²) in [4.78, 5) is 42.6. The summed E-state index contributed by atoms with van der Waals surface area (Å²) < 4.78 is 10.2. The molecule has 3 aromatic carbocycles. The molecule has 0 saturated carbocycles. The molecule has 6 rings (SSSR count). The lowest BCUT2D eigenvalue weighted by Gasteiger charge is -2.28. The number of aryl methyl sites for hydroxylation is 1. The van der Waals surface area contributed by atoms with Crippen molar-refractivity contribution in [3.8, 4) is 11.4 Å². The zero-order valence-corrected chi connectivity index (χ0v) is 21.5. The predicted molar refractivity (Wildman–Crippen MR) is 151 cm³/mol. The summed E-state index contributed by atoms with van der Waals surface area (Å²) in [5, 5.41) is 3.63. The minimum Gasteiger partial charge on any atom is -0.371 e. The van der Waals surface area contributed by atoms with E-state index in [9.17, 15) is 14.4 Å². The third-order valence-corrected chi connectivity index (χ3v) is 7.21. The number of morpholine rings is 1. The Bertz CT molecular complexity index is 1820. The van der Waals surface area contributed by atoms with Crippen LogP contribution in [0.4, 0.5) is 0 Å². The van der Waals surface area contributed by atoms with Crippen LogP contribution in [0.2, 0.25) is 0 Å². The Balaban J connectivity index is 1.81. The van der Waals surface area contributed by atoms with Gasteiger partial charge in [0.2, 0.25) is 0 Å². The average Bonchev–Trinajstić information content (AvgIpc) is 2.98. The molecule has 8 nitrogen and oxygen atoms in total. The summed E-state index contributed by atoms with van der Waals surface area (Å²) in [5.41, 5.74) is 1.91. The van der Waals surface area contributed by atoms with Gasteiger partial charge in [0.1, 0.15) is 5.65 Å². The fraction of sp³-hybridized carbons (Fsp3) is 0.194. The number of benzene rings is 3. The van der Waals surface area contributed by atoms with Crippen molar-refractivity contribution in [3.63, 3.8) is 0 Å².